The summed E-state index contributed by atoms with van der Waals surface area (Å²) in [7, 11) is 1.66. The molecule has 0 saturated carbocycles. The Labute approximate surface area is 153 Å². The molecule has 0 spiro atoms. The molecule has 0 unspecified atom stereocenters. The molecule has 26 heavy (non-hydrogen) atoms. The molecule has 1 aromatic carbocycles. The first-order valence-electron chi connectivity index (χ1n) is 9.06. The van der Waals surface area contributed by atoms with Gasteiger partial charge < -0.3 is 10.6 Å². The molecular weight excluding hydrogens is 328 g/mol. The Morgan fingerprint density at radius 1 is 1.27 bits per heavy atom. The summed E-state index contributed by atoms with van der Waals surface area (Å²) in [5.74, 6) is 0.0247. The predicted molar refractivity (Wildman–Crippen MR) is 99.4 cm³/mol. The third kappa shape index (κ3) is 3.54. The number of hydrogen-bond donors (Lipinski definition) is 2. The number of aromatic nitrogens is 3. The van der Waals surface area contributed by atoms with Crippen molar-refractivity contribution in [3.8, 4) is 11.3 Å². The largest absolute Gasteiger partial charge is 0.358 e. The van der Waals surface area contributed by atoms with E-state index in [2.05, 4.69) is 62.3 Å². The minimum atomic E-state index is -0.156. The molecule has 0 bridgehead atoms. The van der Waals surface area contributed by atoms with Gasteiger partial charge in [-0.25, -0.2) is 4.68 Å². The van der Waals surface area contributed by atoms with Gasteiger partial charge in [0.2, 0.25) is 5.91 Å². The van der Waals surface area contributed by atoms with Crippen LogP contribution in [-0.4, -0.2) is 58.5 Å². The fourth-order valence-electron chi connectivity index (χ4n) is 3.57. The van der Waals surface area contributed by atoms with Gasteiger partial charge >= 0.3 is 0 Å². The van der Waals surface area contributed by atoms with Gasteiger partial charge in [-0.3, -0.25) is 9.69 Å². The average molecular weight is 352 g/mol. The third-order valence-electron chi connectivity index (χ3n) is 5.10. The van der Waals surface area contributed by atoms with E-state index < -0.39 is 0 Å². The van der Waals surface area contributed by atoms with E-state index in [1.54, 1.807) is 7.05 Å². The maximum absolute atomic E-state index is 11.7. The van der Waals surface area contributed by atoms with Gasteiger partial charge in [0.25, 0.3) is 0 Å². The van der Waals surface area contributed by atoms with E-state index in [4.69, 9.17) is 0 Å². The lowest BCUT2D eigenvalue weighted by Gasteiger charge is -2.14. The van der Waals surface area contributed by atoms with Crippen molar-refractivity contribution in [2.75, 3.05) is 26.7 Å². The van der Waals surface area contributed by atoms with Crippen LogP contribution in [0.1, 0.15) is 18.0 Å². The quantitative estimate of drug-likeness (QED) is 0.784. The van der Waals surface area contributed by atoms with Crippen LogP contribution >= 0.6 is 0 Å². The van der Waals surface area contributed by atoms with Crippen LogP contribution in [0, 0.1) is 0 Å². The normalized spacial score (nSPS) is 22.8. The number of hydrogen-bond acceptors (Lipinski definition) is 5. The molecule has 136 valence electrons. The highest BCUT2D eigenvalue weighted by molar-refractivity contribution is 5.81. The maximum atomic E-state index is 11.7. The average Bonchev–Trinajstić information content (AvgIpc) is 3.42. The number of benzene rings is 1. The van der Waals surface area contributed by atoms with Crippen molar-refractivity contribution in [3.05, 3.63) is 48.2 Å². The summed E-state index contributed by atoms with van der Waals surface area (Å²) in [5, 5.41) is 14.5. The van der Waals surface area contributed by atoms with Crippen LogP contribution in [0.4, 0.5) is 0 Å². The molecule has 7 heteroatoms. The molecule has 2 N–H and O–H groups in total. The summed E-state index contributed by atoms with van der Waals surface area (Å²) >= 11 is 0. The summed E-state index contributed by atoms with van der Waals surface area (Å²) in [6, 6.07) is 8.52. The van der Waals surface area contributed by atoms with Crippen molar-refractivity contribution in [3.63, 3.8) is 0 Å². The Kier molecular flexibility index (Phi) is 4.81. The highest BCUT2D eigenvalue weighted by atomic mass is 16.2. The number of carbonyl (C=O) groups excluding carboxylic acids is 1. The Balaban J connectivity index is 1.40. The van der Waals surface area contributed by atoms with Crippen LogP contribution in [0.15, 0.2) is 42.6 Å². The second-order valence-corrected chi connectivity index (χ2v) is 6.91. The maximum Gasteiger partial charge on any atom is 0.236 e. The fourth-order valence-corrected chi connectivity index (χ4v) is 3.57. The topological polar surface area (TPSA) is 75.1 Å². The fraction of sp³-hybridized carbons (Fsp3) is 0.421. The van der Waals surface area contributed by atoms with E-state index in [0.29, 0.717) is 0 Å². The van der Waals surface area contributed by atoms with E-state index in [9.17, 15) is 4.79 Å². The number of nitrogens with zero attached hydrogens (tertiary/aromatic N) is 4. The van der Waals surface area contributed by atoms with Gasteiger partial charge in [0.05, 0.1) is 18.3 Å². The predicted octanol–water partition coefficient (Wildman–Crippen LogP) is 0.966. The van der Waals surface area contributed by atoms with Gasteiger partial charge in [-0.2, -0.15) is 0 Å². The molecule has 0 aliphatic carbocycles. The molecular formula is C19H24N6O. The lowest BCUT2D eigenvalue weighted by atomic mass is 10.1. The van der Waals surface area contributed by atoms with Crippen LogP contribution in [0.2, 0.25) is 0 Å². The van der Waals surface area contributed by atoms with E-state index in [1.165, 1.54) is 5.56 Å². The van der Waals surface area contributed by atoms with Crippen LogP contribution in [0.3, 0.4) is 0 Å². The zero-order valence-electron chi connectivity index (χ0n) is 14.9. The smallest absolute Gasteiger partial charge is 0.236 e. The summed E-state index contributed by atoms with van der Waals surface area (Å²) in [6.45, 7) is 3.75. The van der Waals surface area contributed by atoms with Gasteiger partial charge in [-0.05, 0) is 12.0 Å². The van der Waals surface area contributed by atoms with E-state index >= 15 is 0 Å². The molecule has 2 aliphatic heterocycles. The zero-order chi connectivity index (χ0) is 17.9. The first-order valence-corrected chi connectivity index (χ1v) is 9.06. The van der Waals surface area contributed by atoms with E-state index in [1.807, 2.05) is 10.9 Å². The summed E-state index contributed by atoms with van der Waals surface area (Å²) < 4.78 is 1.87. The van der Waals surface area contributed by atoms with Crippen molar-refractivity contribution in [2.24, 2.45) is 0 Å². The van der Waals surface area contributed by atoms with Gasteiger partial charge in [0.1, 0.15) is 5.69 Å². The molecule has 1 aromatic heterocycles. The molecule has 2 atom stereocenters. The SMILES string of the molecule is CNC(=O)[C@@H]1C[C@H](n2cc(-c3ccc(CN4CC=CC4)cc3)nn2)CN1. The first-order chi connectivity index (χ1) is 12.7. The highest BCUT2D eigenvalue weighted by Crippen LogP contribution is 2.23. The Morgan fingerprint density at radius 2 is 2.04 bits per heavy atom. The lowest BCUT2D eigenvalue weighted by molar-refractivity contribution is -0.122. The second kappa shape index (κ2) is 7.39. The summed E-state index contributed by atoms with van der Waals surface area (Å²) in [6.07, 6.45) is 7.11. The molecule has 0 radical (unpaired) electrons. The van der Waals surface area contributed by atoms with Crippen LogP contribution in [-0.2, 0) is 11.3 Å². The van der Waals surface area contributed by atoms with Crippen molar-refractivity contribution in [2.45, 2.75) is 25.0 Å². The molecule has 1 saturated heterocycles. The number of amides is 1. The van der Waals surface area contributed by atoms with Crippen molar-refractivity contribution in [1.82, 2.24) is 30.5 Å². The minimum absolute atomic E-state index is 0.0247. The number of rotatable bonds is 5. The molecule has 3 heterocycles. The van der Waals surface area contributed by atoms with Gasteiger partial charge in [0, 0.05) is 38.8 Å². The van der Waals surface area contributed by atoms with Crippen molar-refractivity contribution < 1.29 is 4.79 Å². The summed E-state index contributed by atoms with van der Waals surface area (Å²) in [4.78, 5) is 14.1. The third-order valence-corrected chi connectivity index (χ3v) is 5.10. The number of nitrogens with one attached hydrogen (secondary N) is 2. The van der Waals surface area contributed by atoms with Gasteiger partial charge in [-0.15, -0.1) is 5.10 Å². The number of likely N-dealkylation sites (N-methyl/N-ethyl adjacent to an activating group) is 1. The summed E-state index contributed by atoms with van der Waals surface area (Å²) in [5.41, 5.74) is 3.23. The minimum Gasteiger partial charge on any atom is -0.358 e. The molecule has 1 fully saturated rings. The Bertz CT molecular complexity index is 789. The van der Waals surface area contributed by atoms with Gasteiger partial charge in [0.15, 0.2) is 0 Å². The Morgan fingerprint density at radius 3 is 2.77 bits per heavy atom. The monoisotopic (exact) mass is 352 g/mol. The van der Waals surface area contributed by atoms with Crippen molar-refractivity contribution >= 4 is 5.91 Å². The zero-order valence-corrected chi connectivity index (χ0v) is 14.9. The second-order valence-electron chi connectivity index (χ2n) is 6.91. The standard InChI is InChI=1S/C19H24N6O/c1-20-19(26)17-10-16(11-21-17)25-13-18(22-23-25)15-6-4-14(5-7-15)12-24-8-2-3-9-24/h2-7,13,16-17,21H,8-12H2,1H3,(H,20,26)/t16-,17-/m0/s1. The van der Waals surface area contributed by atoms with E-state index in [0.717, 1.165) is 43.9 Å². The van der Waals surface area contributed by atoms with Gasteiger partial charge in [-0.1, -0.05) is 41.6 Å². The lowest BCUT2D eigenvalue weighted by Crippen LogP contribution is -2.38. The Hall–Kier alpha value is -2.51. The molecule has 1 amide bonds. The molecule has 7 nitrogen and oxygen atoms in total. The molecule has 2 aliphatic rings. The highest BCUT2D eigenvalue weighted by Gasteiger charge is 2.30. The first kappa shape index (κ1) is 16.9. The van der Waals surface area contributed by atoms with Crippen LogP contribution < -0.4 is 10.6 Å². The van der Waals surface area contributed by atoms with Crippen LogP contribution in [0.5, 0.6) is 0 Å². The molecule has 4 rings (SSSR count). The van der Waals surface area contributed by atoms with Crippen LogP contribution in [0.25, 0.3) is 11.3 Å². The van der Waals surface area contributed by atoms with E-state index in [-0.39, 0.29) is 18.0 Å². The molecule has 2 aromatic rings. The van der Waals surface area contributed by atoms with Crippen molar-refractivity contribution in [1.29, 1.82) is 0 Å². The number of carbonyl (C=O) groups is 1.